The summed E-state index contributed by atoms with van der Waals surface area (Å²) in [6.45, 7) is 5.79. The van der Waals surface area contributed by atoms with Crippen molar-refractivity contribution < 1.29 is 4.79 Å². The van der Waals surface area contributed by atoms with E-state index in [2.05, 4.69) is 17.1 Å². The van der Waals surface area contributed by atoms with Crippen molar-refractivity contribution in [3.05, 3.63) is 40.6 Å². The number of hydrogen-bond donors (Lipinski definition) is 1. The lowest BCUT2D eigenvalue weighted by molar-refractivity contribution is -0.112. The fourth-order valence-electron chi connectivity index (χ4n) is 2.60. The molecule has 1 N–H and O–H groups in total. The van der Waals surface area contributed by atoms with Gasteiger partial charge in [0.1, 0.15) is 11.6 Å². The lowest BCUT2D eigenvalue weighted by Crippen LogP contribution is -2.31. The summed E-state index contributed by atoms with van der Waals surface area (Å²) >= 11 is 6.04. The number of rotatable bonds is 3. The van der Waals surface area contributed by atoms with Gasteiger partial charge < -0.3 is 10.2 Å². The second-order valence-corrected chi connectivity index (χ2v) is 6.17. The van der Waals surface area contributed by atoms with E-state index in [1.54, 1.807) is 24.4 Å². The van der Waals surface area contributed by atoms with Crippen molar-refractivity contribution in [3.63, 3.8) is 0 Å². The number of amides is 1. The highest BCUT2D eigenvalue weighted by atomic mass is 35.5. The van der Waals surface area contributed by atoms with E-state index in [9.17, 15) is 10.1 Å². The third-order valence-corrected chi connectivity index (χ3v) is 4.29. The highest BCUT2D eigenvalue weighted by Gasteiger charge is 2.17. The van der Waals surface area contributed by atoms with Gasteiger partial charge in [-0.2, -0.15) is 5.26 Å². The first-order chi connectivity index (χ1) is 10.5. The van der Waals surface area contributed by atoms with E-state index in [-0.39, 0.29) is 5.57 Å². The Bertz CT molecular complexity index is 633. The predicted molar refractivity (Wildman–Crippen MR) is 88.5 cm³/mol. The number of likely N-dealkylation sites (tertiary alicyclic amines) is 1. The summed E-state index contributed by atoms with van der Waals surface area (Å²) in [7, 11) is 0. The van der Waals surface area contributed by atoms with Crippen molar-refractivity contribution in [2.45, 2.75) is 26.7 Å². The lowest BCUT2D eigenvalue weighted by atomic mass is 10.0. The molecule has 5 heteroatoms. The van der Waals surface area contributed by atoms with E-state index in [1.807, 2.05) is 13.0 Å². The Labute approximate surface area is 136 Å². The van der Waals surface area contributed by atoms with E-state index in [0.29, 0.717) is 16.6 Å². The van der Waals surface area contributed by atoms with Gasteiger partial charge in [-0.3, -0.25) is 4.79 Å². The second-order valence-electron chi connectivity index (χ2n) is 5.76. The van der Waals surface area contributed by atoms with Crippen molar-refractivity contribution in [1.29, 1.82) is 5.26 Å². The number of halogens is 1. The van der Waals surface area contributed by atoms with Gasteiger partial charge >= 0.3 is 0 Å². The molecule has 0 aromatic heterocycles. The molecule has 4 nitrogen and oxygen atoms in total. The van der Waals surface area contributed by atoms with Crippen LogP contribution in [0, 0.1) is 24.2 Å². The quantitative estimate of drug-likeness (QED) is 0.682. The number of anilines is 1. The third kappa shape index (κ3) is 4.02. The van der Waals surface area contributed by atoms with Crippen molar-refractivity contribution >= 4 is 23.2 Å². The number of carbonyl (C=O) groups is 1. The standard InChI is InChI=1S/C17H20ClN3O/c1-12-5-4-8-21(10-12)11-14(9-19)17(22)20-16-7-3-6-15(18)13(16)2/h3,6-7,11-12H,4-5,8,10H2,1-2H3,(H,20,22)/b14-11-. The molecular formula is C17H20ClN3O. The molecule has 1 aliphatic rings. The molecular weight excluding hydrogens is 298 g/mol. The minimum atomic E-state index is -0.397. The summed E-state index contributed by atoms with van der Waals surface area (Å²) in [6, 6.07) is 7.31. The van der Waals surface area contributed by atoms with E-state index in [0.717, 1.165) is 25.1 Å². The summed E-state index contributed by atoms with van der Waals surface area (Å²) in [6.07, 6.45) is 3.95. The number of nitrogens with zero attached hydrogens (tertiary/aromatic N) is 2. The monoisotopic (exact) mass is 317 g/mol. The maximum atomic E-state index is 12.3. The van der Waals surface area contributed by atoms with E-state index in [4.69, 9.17) is 11.6 Å². The smallest absolute Gasteiger partial charge is 0.267 e. The number of nitriles is 1. The molecule has 0 saturated carbocycles. The second kappa shape index (κ2) is 7.33. The molecule has 0 bridgehead atoms. The van der Waals surface area contributed by atoms with Crippen LogP contribution in [0.4, 0.5) is 5.69 Å². The summed E-state index contributed by atoms with van der Waals surface area (Å²) in [5, 5.41) is 12.6. The number of hydrogen-bond acceptors (Lipinski definition) is 3. The molecule has 0 spiro atoms. The molecule has 0 radical (unpaired) electrons. The van der Waals surface area contributed by atoms with Crippen LogP contribution in [0.2, 0.25) is 5.02 Å². The van der Waals surface area contributed by atoms with Gasteiger partial charge in [0.05, 0.1) is 0 Å². The topological polar surface area (TPSA) is 56.1 Å². The highest BCUT2D eigenvalue weighted by Crippen LogP contribution is 2.23. The van der Waals surface area contributed by atoms with Gasteiger partial charge in [-0.1, -0.05) is 24.6 Å². The number of benzene rings is 1. The molecule has 1 atom stereocenters. The maximum absolute atomic E-state index is 12.3. The maximum Gasteiger partial charge on any atom is 0.267 e. The fourth-order valence-corrected chi connectivity index (χ4v) is 2.77. The average molecular weight is 318 g/mol. The zero-order valence-corrected chi connectivity index (χ0v) is 13.7. The van der Waals surface area contributed by atoms with Crippen molar-refractivity contribution in [1.82, 2.24) is 4.90 Å². The Morgan fingerprint density at radius 3 is 3.00 bits per heavy atom. The molecule has 22 heavy (non-hydrogen) atoms. The van der Waals surface area contributed by atoms with Gasteiger partial charge in [0.2, 0.25) is 0 Å². The molecule has 1 aromatic rings. The highest BCUT2D eigenvalue weighted by molar-refractivity contribution is 6.31. The largest absolute Gasteiger partial charge is 0.376 e. The normalized spacial score (nSPS) is 18.7. The molecule has 1 saturated heterocycles. The molecule has 2 rings (SSSR count). The fraction of sp³-hybridized carbons (Fsp3) is 0.412. The van der Waals surface area contributed by atoms with E-state index >= 15 is 0 Å². The van der Waals surface area contributed by atoms with Crippen molar-refractivity contribution in [2.75, 3.05) is 18.4 Å². The van der Waals surface area contributed by atoms with Crippen LogP contribution >= 0.6 is 11.6 Å². The number of piperidine rings is 1. The minimum absolute atomic E-state index is 0.119. The van der Waals surface area contributed by atoms with Crippen molar-refractivity contribution in [2.24, 2.45) is 5.92 Å². The van der Waals surface area contributed by atoms with Crippen LogP contribution in [0.5, 0.6) is 0 Å². The van der Waals surface area contributed by atoms with Gasteiger partial charge in [-0.25, -0.2) is 0 Å². The zero-order valence-electron chi connectivity index (χ0n) is 12.9. The van der Waals surface area contributed by atoms with Gasteiger partial charge in [-0.15, -0.1) is 0 Å². The molecule has 1 amide bonds. The Kier molecular flexibility index (Phi) is 5.46. The SMILES string of the molecule is Cc1c(Cl)cccc1NC(=O)/C(C#N)=C\N1CCCC(C)C1. The zero-order chi connectivity index (χ0) is 16.1. The van der Waals surface area contributed by atoms with Gasteiger partial charge in [-0.05, 0) is 43.4 Å². The van der Waals surface area contributed by atoms with E-state index < -0.39 is 5.91 Å². The lowest BCUT2D eigenvalue weighted by Gasteiger charge is -2.29. The summed E-state index contributed by atoms with van der Waals surface area (Å²) in [5.74, 6) is 0.189. The van der Waals surface area contributed by atoms with Gasteiger partial charge in [0, 0.05) is 30.0 Å². The molecule has 1 aliphatic heterocycles. The first-order valence-electron chi connectivity index (χ1n) is 7.43. The Balaban J connectivity index is 2.12. The summed E-state index contributed by atoms with van der Waals surface area (Å²) < 4.78 is 0. The Morgan fingerprint density at radius 2 is 2.32 bits per heavy atom. The van der Waals surface area contributed by atoms with E-state index in [1.165, 1.54) is 6.42 Å². The molecule has 1 aromatic carbocycles. The van der Waals surface area contributed by atoms with Crippen LogP contribution in [0.1, 0.15) is 25.3 Å². The summed E-state index contributed by atoms with van der Waals surface area (Å²) in [5.41, 5.74) is 1.54. The molecule has 1 heterocycles. The van der Waals surface area contributed by atoms with Crippen LogP contribution in [-0.4, -0.2) is 23.9 Å². The Morgan fingerprint density at radius 1 is 1.55 bits per heavy atom. The van der Waals surface area contributed by atoms with Crippen molar-refractivity contribution in [3.8, 4) is 6.07 Å². The predicted octanol–water partition coefficient (Wildman–Crippen LogP) is 3.73. The van der Waals surface area contributed by atoms with Crippen LogP contribution in [0.3, 0.4) is 0 Å². The molecule has 116 valence electrons. The third-order valence-electron chi connectivity index (χ3n) is 3.88. The van der Waals surface area contributed by atoms with Gasteiger partial charge in [0.15, 0.2) is 0 Å². The Hall–Kier alpha value is -1.99. The van der Waals surface area contributed by atoms with Crippen LogP contribution in [0.25, 0.3) is 0 Å². The summed E-state index contributed by atoms with van der Waals surface area (Å²) in [4.78, 5) is 14.3. The molecule has 0 aliphatic carbocycles. The van der Waals surface area contributed by atoms with Crippen LogP contribution in [0.15, 0.2) is 30.0 Å². The number of nitrogens with one attached hydrogen (secondary N) is 1. The molecule has 1 fully saturated rings. The van der Waals surface area contributed by atoms with Gasteiger partial charge in [0.25, 0.3) is 5.91 Å². The first-order valence-corrected chi connectivity index (χ1v) is 7.81. The van der Waals surface area contributed by atoms with Crippen LogP contribution < -0.4 is 5.32 Å². The minimum Gasteiger partial charge on any atom is -0.376 e. The number of carbonyl (C=O) groups excluding carboxylic acids is 1. The van der Waals surface area contributed by atoms with Crippen LogP contribution in [-0.2, 0) is 4.79 Å². The first kappa shape index (κ1) is 16.4. The molecule has 1 unspecified atom stereocenters. The average Bonchev–Trinajstić information content (AvgIpc) is 2.49.